The van der Waals surface area contributed by atoms with Crippen molar-refractivity contribution in [3.8, 4) is 5.75 Å². The Kier molecular flexibility index (Phi) is 6.30. The van der Waals surface area contributed by atoms with E-state index in [-0.39, 0.29) is 5.91 Å². The maximum Gasteiger partial charge on any atom is 0.220 e. The zero-order valence-corrected chi connectivity index (χ0v) is 14.4. The summed E-state index contributed by atoms with van der Waals surface area (Å²) in [7, 11) is 0. The SMILES string of the molecule is O=C(CCCn1cc(COc2ccccc2)nn1)NCc1cccnc1. The van der Waals surface area contributed by atoms with E-state index in [1.165, 1.54) is 0 Å². The van der Waals surface area contributed by atoms with Crippen LogP contribution in [0.3, 0.4) is 0 Å². The highest BCUT2D eigenvalue weighted by molar-refractivity contribution is 5.75. The highest BCUT2D eigenvalue weighted by Crippen LogP contribution is 2.10. The zero-order chi connectivity index (χ0) is 18.0. The molecule has 2 aromatic heterocycles. The molecule has 0 fully saturated rings. The third-order valence-electron chi connectivity index (χ3n) is 3.72. The van der Waals surface area contributed by atoms with Gasteiger partial charge in [0.15, 0.2) is 0 Å². The minimum atomic E-state index is 0.0154. The average molecular weight is 351 g/mol. The summed E-state index contributed by atoms with van der Waals surface area (Å²) in [4.78, 5) is 15.9. The molecular formula is C19H21N5O2. The molecule has 1 aromatic carbocycles. The predicted octanol–water partition coefficient (Wildman–Crippen LogP) is 2.35. The summed E-state index contributed by atoms with van der Waals surface area (Å²) in [6.45, 7) is 1.51. The van der Waals surface area contributed by atoms with Gasteiger partial charge >= 0.3 is 0 Å². The lowest BCUT2D eigenvalue weighted by molar-refractivity contribution is -0.121. The Hall–Kier alpha value is -3.22. The second-order valence-electron chi connectivity index (χ2n) is 5.82. The van der Waals surface area contributed by atoms with Gasteiger partial charge in [-0.15, -0.1) is 5.10 Å². The second kappa shape index (κ2) is 9.31. The molecule has 0 radical (unpaired) electrons. The monoisotopic (exact) mass is 351 g/mol. The highest BCUT2D eigenvalue weighted by atomic mass is 16.5. The van der Waals surface area contributed by atoms with Gasteiger partial charge in [0, 0.05) is 31.9 Å². The third-order valence-corrected chi connectivity index (χ3v) is 3.72. The second-order valence-corrected chi connectivity index (χ2v) is 5.82. The Morgan fingerprint density at radius 2 is 2.04 bits per heavy atom. The number of aromatic nitrogens is 4. The van der Waals surface area contributed by atoms with E-state index in [1.807, 2.05) is 48.7 Å². The molecule has 1 N–H and O–H groups in total. The van der Waals surface area contributed by atoms with Gasteiger partial charge in [-0.2, -0.15) is 0 Å². The molecule has 0 bridgehead atoms. The molecule has 0 saturated heterocycles. The lowest BCUT2D eigenvalue weighted by Gasteiger charge is -2.05. The van der Waals surface area contributed by atoms with Crippen molar-refractivity contribution < 1.29 is 9.53 Å². The molecule has 3 aromatic rings. The van der Waals surface area contributed by atoms with Crippen LogP contribution in [0.4, 0.5) is 0 Å². The summed E-state index contributed by atoms with van der Waals surface area (Å²) in [6.07, 6.45) is 6.44. The molecule has 0 aliphatic heterocycles. The van der Waals surface area contributed by atoms with Gasteiger partial charge in [0.1, 0.15) is 18.1 Å². The number of aryl methyl sites for hydroxylation is 1. The van der Waals surface area contributed by atoms with E-state index in [2.05, 4.69) is 20.6 Å². The van der Waals surface area contributed by atoms with Crippen LogP contribution >= 0.6 is 0 Å². The number of pyridine rings is 1. The summed E-state index contributed by atoms with van der Waals surface area (Å²) < 4.78 is 7.37. The van der Waals surface area contributed by atoms with Crippen molar-refractivity contribution >= 4 is 5.91 Å². The van der Waals surface area contributed by atoms with Crippen LogP contribution < -0.4 is 10.1 Å². The number of carbonyl (C=O) groups is 1. The molecule has 0 aliphatic rings. The number of para-hydroxylation sites is 1. The van der Waals surface area contributed by atoms with Crippen LogP contribution in [-0.4, -0.2) is 25.9 Å². The number of ether oxygens (including phenoxy) is 1. The van der Waals surface area contributed by atoms with Gasteiger partial charge < -0.3 is 10.1 Å². The summed E-state index contributed by atoms with van der Waals surface area (Å²) in [5.74, 6) is 0.814. The quantitative estimate of drug-likeness (QED) is 0.640. The van der Waals surface area contributed by atoms with Crippen molar-refractivity contribution in [1.29, 1.82) is 0 Å². The largest absolute Gasteiger partial charge is 0.487 e. The number of carbonyl (C=O) groups excluding carboxylic acids is 1. The minimum Gasteiger partial charge on any atom is -0.487 e. The van der Waals surface area contributed by atoms with Crippen LogP contribution in [0.15, 0.2) is 61.1 Å². The zero-order valence-electron chi connectivity index (χ0n) is 14.4. The first-order valence-corrected chi connectivity index (χ1v) is 8.52. The fourth-order valence-corrected chi connectivity index (χ4v) is 2.38. The number of hydrogen-bond acceptors (Lipinski definition) is 5. The average Bonchev–Trinajstić information content (AvgIpc) is 3.14. The summed E-state index contributed by atoms with van der Waals surface area (Å²) in [5, 5.41) is 11.0. The topological polar surface area (TPSA) is 81.9 Å². The predicted molar refractivity (Wildman–Crippen MR) is 96.1 cm³/mol. The normalized spacial score (nSPS) is 10.5. The number of hydrogen-bond donors (Lipinski definition) is 1. The smallest absolute Gasteiger partial charge is 0.220 e. The first kappa shape index (κ1) is 17.6. The first-order chi connectivity index (χ1) is 12.8. The lowest BCUT2D eigenvalue weighted by Crippen LogP contribution is -2.22. The Balaban J connectivity index is 1.34. The fraction of sp³-hybridized carbons (Fsp3) is 0.263. The minimum absolute atomic E-state index is 0.0154. The van der Waals surface area contributed by atoms with Gasteiger partial charge in [0.2, 0.25) is 5.91 Å². The van der Waals surface area contributed by atoms with E-state index >= 15 is 0 Å². The van der Waals surface area contributed by atoms with Crippen LogP contribution in [0.1, 0.15) is 24.1 Å². The molecule has 2 heterocycles. The van der Waals surface area contributed by atoms with Crippen molar-refractivity contribution in [3.63, 3.8) is 0 Å². The number of nitrogens with zero attached hydrogens (tertiary/aromatic N) is 4. The molecule has 7 heteroatoms. The molecule has 7 nitrogen and oxygen atoms in total. The lowest BCUT2D eigenvalue weighted by atomic mass is 10.2. The van der Waals surface area contributed by atoms with Crippen molar-refractivity contribution in [3.05, 3.63) is 72.3 Å². The van der Waals surface area contributed by atoms with Gasteiger partial charge in [0.25, 0.3) is 0 Å². The molecule has 0 aliphatic carbocycles. The van der Waals surface area contributed by atoms with Crippen LogP contribution in [0, 0.1) is 0 Å². The Morgan fingerprint density at radius 1 is 1.15 bits per heavy atom. The van der Waals surface area contributed by atoms with E-state index in [0.717, 1.165) is 17.0 Å². The Bertz CT molecular complexity index is 805. The third kappa shape index (κ3) is 5.70. The maximum absolute atomic E-state index is 11.9. The van der Waals surface area contributed by atoms with E-state index < -0.39 is 0 Å². The molecule has 0 saturated carbocycles. The van der Waals surface area contributed by atoms with E-state index in [0.29, 0.717) is 32.5 Å². The number of benzene rings is 1. The maximum atomic E-state index is 11.9. The molecule has 26 heavy (non-hydrogen) atoms. The van der Waals surface area contributed by atoms with Crippen LogP contribution in [0.5, 0.6) is 5.75 Å². The summed E-state index contributed by atoms with van der Waals surface area (Å²) in [5.41, 5.74) is 1.75. The van der Waals surface area contributed by atoms with Gasteiger partial charge in [-0.1, -0.05) is 29.5 Å². The van der Waals surface area contributed by atoms with E-state index in [9.17, 15) is 4.79 Å². The highest BCUT2D eigenvalue weighted by Gasteiger charge is 2.05. The summed E-state index contributed by atoms with van der Waals surface area (Å²) in [6, 6.07) is 13.4. The van der Waals surface area contributed by atoms with Gasteiger partial charge in [-0.3, -0.25) is 14.5 Å². The van der Waals surface area contributed by atoms with Crippen molar-refractivity contribution in [2.45, 2.75) is 32.5 Å². The summed E-state index contributed by atoms with van der Waals surface area (Å²) >= 11 is 0. The van der Waals surface area contributed by atoms with Gasteiger partial charge in [-0.05, 0) is 30.2 Å². The first-order valence-electron chi connectivity index (χ1n) is 8.52. The van der Waals surface area contributed by atoms with Gasteiger partial charge in [0.05, 0.1) is 6.20 Å². The van der Waals surface area contributed by atoms with Crippen molar-refractivity contribution in [1.82, 2.24) is 25.3 Å². The molecule has 134 valence electrons. The molecule has 0 unspecified atom stereocenters. The molecular weight excluding hydrogens is 330 g/mol. The van der Waals surface area contributed by atoms with Crippen LogP contribution in [0.25, 0.3) is 0 Å². The fourth-order valence-electron chi connectivity index (χ4n) is 2.38. The van der Waals surface area contributed by atoms with E-state index in [1.54, 1.807) is 17.1 Å². The number of nitrogens with one attached hydrogen (secondary N) is 1. The molecule has 3 rings (SSSR count). The van der Waals surface area contributed by atoms with Crippen LogP contribution in [0.2, 0.25) is 0 Å². The molecule has 0 spiro atoms. The van der Waals surface area contributed by atoms with E-state index in [4.69, 9.17) is 4.74 Å². The number of rotatable bonds is 9. The van der Waals surface area contributed by atoms with Crippen molar-refractivity contribution in [2.75, 3.05) is 0 Å². The Labute approximate surface area is 152 Å². The van der Waals surface area contributed by atoms with Crippen molar-refractivity contribution in [2.24, 2.45) is 0 Å². The number of amides is 1. The Morgan fingerprint density at radius 3 is 2.85 bits per heavy atom. The van der Waals surface area contributed by atoms with Crippen LogP contribution in [-0.2, 0) is 24.5 Å². The molecule has 0 atom stereocenters. The molecule has 1 amide bonds. The standard InChI is InChI=1S/C19H21N5O2/c25-19(21-13-16-6-4-10-20-12-16)9-5-11-24-14-17(22-23-24)15-26-18-7-2-1-3-8-18/h1-4,6-8,10,12,14H,5,9,11,13,15H2,(H,21,25). The van der Waals surface area contributed by atoms with Gasteiger partial charge in [-0.25, -0.2) is 0 Å².